The molecule has 0 atom stereocenters. The van der Waals surface area contributed by atoms with Gasteiger partial charge in [0, 0.05) is 15.6 Å². The molecule has 0 unspecified atom stereocenters. The van der Waals surface area contributed by atoms with Gasteiger partial charge in [0.1, 0.15) is 40.2 Å². The molecule has 0 N–H and O–H groups in total. The monoisotopic (exact) mass is 568 g/mol. The average molecular weight is 569 g/mol. The summed E-state index contributed by atoms with van der Waals surface area (Å²) >= 11 is 3.09. The summed E-state index contributed by atoms with van der Waals surface area (Å²) in [5.41, 5.74) is -0.901. The number of alkyl halides is 1. The van der Waals surface area contributed by atoms with Crippen LogP contribution in [0.3, 0.4) is 0 Å². The molecule has 0 fully saturated rings. The molecule has 2 aromatic carbocycles. The number of hydrogen-bond acceptors (Lipinski definition) is 4. The Morgan fingerprint density at radius 3 is 2.00 bits per heavy atom. The highest BCUT2D eigenvalue weighted by Gasteiger charge is 2.29. The summed E-state index contributed by atoms with van der Waals surface area (Å²) < 4.78 is 36.7. The molecular weight excluding hydrogens is 533 g/mol. The van der Waals surface area contributed by atoms with Gasteiger partial charge in [-0.15, -0.1) is 11.3 Å². The molecule has 176 valence electrons. The number of rotatable bonds is 3. The number of ether oxygens (including phenoxy) is 1. The van der Waals surface area contributed by atoms with E-state index in [4.69, 9.17) is 7.80 Å². The minimum Gasteiger partial charge on any atom is -0.495 e. The minimum atomic E-state index is -0.880. The fourth-order valence-corrected chi connectivity index (χ4v) is 3.94. The van der Waals surface area contributed by atoms with Crippen LogP contribution in [0.1, 0.15) is 61.0 Å². The van der Waals surface area contributed by atoms with Gasteiger partial charge in [0.15, 0.2) is 5.43 Å². The Morgan fingerprint density at radius 1 is 1.00 bits per heavy atom. The molecule has 31 heavy (non-hydrogen) atoms. The van der Waals surface area contributed by atoms with Crippen molar-refractivity contribution in [2.45, 2.75) is 61.0 Å². The zero-order valence-corrected chi connectivity index (χ0v) is 23.1. The van der Waals surface area contributed by atoms with E-state index in [2.05, 4.69) is 0 Å². The van der Waals surface area contributed by atoms with E-state index < -0.39 is 11.4 Å². The number of benzene rings is 2. The van der Waals surface area contributed by atoms with E-state index in [-0.39, 0.29) is 10.8 Å². The lowest BCUT2D eigenvalue weighted by atomic mass is 9.95. The fraction of sp³-hybridized carbons (Fsp3) is 0.458. The Bertz CT molecular complexity index is 972. The van der Waals surface area contributed by atoms with Crippen LogP contribution < -0.4 is 10.2 Å². The second-order valence-electron chi connectivity index (χ2n) is 5.66. The predicted molar refractivity (Wildman–Crippen MR) is 141 cm³/mol. The molecule has 0 saturated heterocycles. The summed E-state index contributed by atoms with van der Waals surface area (Å²) in [5, 5.41) is 0.570. The summed E-state index contributed by atoms with van der Waals surface area (Å²) in [5.74, 6) is -0.0692. The van der Waals surface area contributed by atoms with Crippen LogP contribution in [0.4, 0.5) is 8.78 Å². The van der Waals surface area contributed by atoms with E-state index in [0.29, 0.717) is 28.6 Å². The molecule has 0 radical (unpaired) electrons. The normalized spacial score (nSPS) is 9.71. The van der Waals surface area contributed by atoms with Crippen LogP contribution in [0, 0.1) is 5.82 Å². The third-order valence-corrected chi connectivity index (χ3v) is 6.10. The molecule has 0 saturated carbocycles. The van der Waals surface area contributed by atoms with Crippen molar-refractivity contribution in [1.29, 1.82) is 0 Å². The van der Waals surface area contributed by atoms with Gasteiger partial charge in [0.2, 0.25) is 0 Å². The van der Waals surface area contributed by atoms with Crippen molar-refractivity contribution < 1.29 is 16.6 Å². The van der Waals surface area contributed by atoms with Gasteiger partial charge < -0.3 is 7.80 Å². The van der Waals surface area contributed by atoms with Gasteiger partial charge in [-0.05, 0) is 32.0 Å². The first-order valence-corrected chi connectivity index (χ1v) is 12.0. The van der Waals surface area contributed by atoms with Crippen LogP contribution in [-0.2, 0) is 8.67 Å². The van der Waals surface area contributed by atoms with Crippen molar-refractivity contribution in [2.75, 3.05) is 14.3 Å². The fourth-order valence-electron chi connectivity index (χ4n) is 2.54. The second kappa shape index (κ2) is 16.3. The first-order valence-electron chi connectivity index (χ1n) is 10.3. The molecule has 3 rings (SSSR count). The highest BCUT2D eigenvalue weighted by Crippen LogP contribution is 2.39. The molecule has 1 heterocycles. The maximum atomic E-state index is 15.1. The molecule has 0 amide bonds. The average Bonchev–Trinajstić information content (AvgIpc) is 2.84. The standard InChI is InChI=1S/C17H14FIO3S.3C2H6.CH3F/c1-17(2,22-19)10-8-11(21-3)16-13(14(10)18)15(20)9-6-4-5-7-12(9)23-16;4*1-2/h4-8H,1-3H3;3*1-2H3;1H3. The Labute approximate surface area is 203 Å². The van der Waals surface area contributed by atoms with Crippen LogP contribution in [0.15, 0.2) is 35.1 Å². The van der Waals surface area contributed by atoms with Crippen LogP contribution >= 0.6 is 34.3 Å². The van der Waals surface area contributed by atoms with Crippen LogP contribution in [0.2, 0.25) is 0 Å². The molecule has 3 aromatic rings. The topological polar surface area (TPSA) is 35.5 Å². The van der Waals surface area contributed by atoms with Gasteiger partial charge in [-0.2, -0.15) is 0 Å². The second-order valence-corrected chi connectivity index (χ2v) is 7.15. The molecular formula is C24H35F2IO3S. The predicted octanol–water partition coefficient (Wildman–Crippen LogP) is 8.83. The van der Waals surface area contributed by atoms with Gasteiger partial charge in [-0.1, -0.05) is 53.7 Å². The van der Waals surface area contributed by atoms with E-state index >= 15 is 4.39 Å². The lowest BCUT2D eigenvalue weighted by molar-refractivity contribution is 0.170. The van der Waals surface area contributed by atoms with Gasteiger partial charge >= 0.3 is 0 Å². The highest BCUT2D eigenvalue weighted by atomic mass is 127. The lowest BCUT2D eigenvalue weighted by Crippen LogP contribution is -2.20. The number of methoxy groups -OCH3 is 1. The van der Waals surface area contributed by atoms with Crippen LogP contribution in [0.5, 0.6) is 5.75 Å². The Morgan fingerprint density at radius 2 is 1.52 bits per heavy atom. The largest absolute Gasteiger partial charge is 0.495 e. The number of hydrogen-bond donors (Lipinski definition) is 0. The summed E-state index contributed by atoms with van der Waals surface area (Å²) in [7, 11) is 2.01. The quantitative estimate of drug-likeness (QED) is 0.234. The molecule has 0 aliphatic rings. The Hall–Kier alpha value is -1.32. The number of fused-ring (bicyclic) bond motifs is 2. The van der Waals surface area contributed by atoms with Crippen molar-refractivity contribution in [3.63, 3.8) is 0 Å². The maximum absolute atomic E-state index is 15.1. The molecule has 1 aromatic heterocycles. The van der Waals surface area contributed by atoms with Crippen LogP contribution in [0.25, 0.3) is 20.2 Å². The van der Waals surface area contributed by atoms with Crippen LogP contribution in [-0.4, -0.2) is 14.3 Å². The first kappa shape index (κ1) is 31.9. The van der Waals surface area contributed by atoms with E-state index in [1.165, 1.54) is 18.4 Å². The van der Waals surface area contributed by atoms with E-state index in [0.717, 1.165) is 4.70 Å². The third-order valence-electron chi connectivity index (χ3n) is 3.81. The van der Waals surface area contributed by atoms with Crippen molar-refractivity contribution in [3.8, 4) is 5.75 Å². The van der Waals surface area contributed by atoms with Crippen molar-refractivity contribution >= 4 is 54.5 Å². The zero-order valence-electron chi connectivity index (χ0n) is 20.2. The molecule has 3 nitrogen and oxygen atoms in total. The van der Waals surface area contributed by atoms with E-state index in [1.54, 1.807) is 55.1 Å². The molecule has 7 heteroatoms. The van der Waals surface area contributed by atoms with E-state index in [1.807, 2.05) is 53.7 Å². The minimum absolute atomic E-state index is 0.0598. The molecule has 0 aliphatic carbocycles. The molecule has 0 aliphatic heterocycles. The van der Waals surface area contributed by atoms with Gasteiger partial charge in [0.05, 0.1) is 24.4 Å². The van der Waals surface area contributed by atoms with Crippen molar-refractivity contribution in [2.24, 2.45) is 0 Å². The first-order chi connectivity index (χ1) is 14.9. The number of halogens is 3. The summed E-state index contributed by atoms with van der Waals surface area (Å²) in [4.78, 5) is 12.8. The highest BCUT2D eigenvalue weighted by molar-refractivity contribution is 14.1. The zero-order chi connectivity index (χ0) is 24.8. The summed E-state index contributed by atoms with van der Waals surface area (Å²) in [6.07, 6.45) is 0. The lowest BCUT2D eigenvalue weighted by Gasteiger charge is -2.23. The smallest absolute Gasteiger partial charge is 0.198 e. The molecule has 0 spiro atoms. The van der Waals surface area contributed by atoms with E-state index in [9.17, 15) is 9.18 Å². The molecule has 0 bridgehead atoms. The maximum Gasteiger partial charge on any atom is 0.198 e. The van der Waals surface area contributed by atoms with Gasteiger partial charge in [0.25, 0.3) is 0 Å². The summed E-state index contributed by atoms with van der Waals surface area (Å²) in [6, 6.07) is 8.81. The van der Waals surface area contributed by atoms with Gasteiger partial charge in [-0.3, -0.25) is 9.18 Å². The Kier molecular flexibility index (Phi) is 16.8. The summed E-state index contributed by atoms with van der Waals surface area (Å²) in [6.45, 7) is 15.5. The third kappa shape index (κ3) is 7.36. The Balaban J connectivity index is 0. The van der Waals surface area contributed by atoms with Crippen molar-refractivity contribution in [1.82, 2.24) is 0 Å². The SMILES string of the molecule is CC.CC.CC.CF.COc1cc(C(C)(C)OI)c(F)c2c(=O)c3ccccc3sc12. The van der Waals surface area contributed by atoms with Crippen molar-refractivity contribution in [3.05, 3.63) is 51.9 Å². The van der Waals surface area contributed by atoms with Gasteiger partial charge in [-0.25, -0.2) is 4.39 Å².